The zero-order chi connectivity index (χ0) is 15.1. The fourth-order valence-electron chi connectivity index (χ4n) is 1.50. The Labute approximate surface area is 121 Å². The van der Waals surface area contributed by atoms with Crippen LogP contribution in [0.2, 0.25) is 0 Å². The van der Waals surface area contributed by atoms with Crippen molar-refractivity contribution >= 4 is 12.2 Å². The van der Waals surface area contributed by atoms with Gasteiger partial charge in [0, 0.05) is 0 Å². The molecule has 2 aromatic rings. The molecule has 0 saturated heterocycles. The van der Waals surface area contributed by atoms with Gasteiger partial charge in [0.25, 0.3) is 6.33 Å². The minimum absolute atomic E-state index is 0.0510. The van der Waals surface area contributed by atoms with Crippen molar-refractivity contribution in [1.29, 1.82) is 0 Å². The molecule has 0 aliphatic rings. The Morgan fingerprint density at radius 1 is 1.14 bits per heavy atom. The van der Waals surface area contributed by atoms with Crippen LogP contribution in [0.25, 0.3) is 0 Å². The van der Waals surface area contributed by atoms with Crippen molar-refractivity contribution in [2.45, 2.75) is 0 Å². The third-order valence-corrected chi connectivity index (χ3v) is 2.45. The van der Waals surface area contributed by atoms with E-state index in [1.807, 2.05) is 0 Å². The van der Waals surface area contributed by atoms with Crippen molar-refractivity contribution in [3.05, 3.63) is 49.1 Å². The molecule has 0 saturated carbocycles. The van der Waals surface area contributed by atoms with E-state index in [1.54, 1.807) is 60.7 Å². The van der Waals surface area contributed by atoms with E-state index in [-0.39, 0.29) is 13.2 Å². The molecule has 0 fully saturated rings. The number of benzene rings is 1. The first-order valence-electron chi connectivity index (χ1n) is 6.25. The highest BCUT2D eigenvalue weighted by Gasteiger charge is 2.13. The molecular weight excluding hydrogens is 276 g/mol. The van der Waals surface area contributed by atoms with Crippen LogP contribution in [0.4, 0.5) is 9.59 Å². The van der Waals surface area contributed by atoms with Crippen LogP contribution in [0.3, 0.4) is 0 Å². The second kappa shape index (κ2) is 7.09. The van der Waals surface area contributed by atoms with Gasteiger partial charge in [0.1, 0.15) is 31.4 Å². The number of carbonyl (C=O) groups is 2. The van der Waals surface area contributed by atoms with Gasteiger partial charge in [0.15, 0.2) is 0 Å². The van der Waals surface area contributed by atoms with Gasteiger partial charge in [-0.15, -0.1) is 4.57 Å². The third-order valence-electron chi connectivity index (χ3n) is 2.45. The topological polar surface area (TPSA) is 70.6 Å². The second-order valence-corrected chi connectivity index (χ2v) is 4.11. The highest BCUT2D eigenvalue weighted by Crippen LogP contribution is 2.08. The minimum atomic E-state index is -0.843. The number of carbonyl (C=O) groups excluding carboxylic acids is 2. The van der Waals surface area contributed by atoms with Crippen LogP contribution in [0.15, 0.2) is 49.1 Å². The number of hydrogen-bond donors (Lipinski definition) is 0. The van der Waals surface area contributed by atoms with Crippen LogP contribution in [-0.4, -0.2) is 30.0 Å². The maximum Gasteiger partial charge on any atom is 0.513 e. The zero-order valence-corrected chi connectivity index (χ0v) is 11.5. The minimum Gasteiger partial charge on any atom is -0.430 e. The highest BCUT2D eigenvalue weighted by molar-refractivity contribution is 5.69. The zero-order valence-electron chi connectivity index (χ0n) is 11.5. The first kappa shape index (κ1) is 14.6. The average molecular weight is 291 g/mol. The Hall–Kier alpha value is -2.83. The van der Waals surface area contributed by atoms with Gasteiger partial charge in [0.05, 0.1) is 7.05 Å². The SMILES string of the molecule is C[n+]1ccn(C(=O)OCCOC(=O)Oc2ccccc2)c1. The molecule has 0 radical (unpaired) electrons. The third kappa shape index (κ3) is 4.64. The van der Waals surface area contributed by atoms with E-state index in [2.05, 4.69) is 0 Å². The van der Waals surface area contributed by atoms with E-state index >= 15 is 0 Å². The predicted molar refractivity (Wildman–Crippen MR) is 70.8 cm³/mol. The molecule has 21 heavy (non-hydrogen) atoms. The maximum atomic E-state index is 11.5. The molecule has 0 spiro atoms. The number of rotatable bonds is 4. The summed E-state index contributed by atoms with van der Waals surface area (Å²) >= 11 is 0. The molecular formula is C14H15N2O5+. The monoisotopic (exact) mass is 291 g/mol. The van der Waals surface area contributed by atoms with Gasteiger partial charge in [-0.1, -0.05) is 18.2 Å². The van der Waals surface area contributed by atoms with E-state index in [1.165, 1.54) is 4.57 Å². The molecule has 2 rings (SSSR count). The molecule has 0 aliphatic carbocycles. The molecule has 0 unspecified atom stereocenters. The first-order valence-corrected chi connectivity index (χ1v) is 6.25. The summed E-state index contributed by atoms with van der Waals surface area (Å²) in [5, 5.41) is 0. The summed E-state index contributed by atoms with van der Waals surface area (Å²) < 4.78 is 17.6. The van der Waals surface area contributed by atoms with E-state index in [4.69, 9.17) is 14.2 Å². The quantitative estimate of drug-likeness (QED) is 0.369. The van der Waals surface area contributed by atoms with Crippen LogP contribution >= 0.6 is 0 Å². The Morgan fingerprint density at radius 3 is 2.52 bits per heavy atom. The molecule has 7 nitrogen and oxygen atoms in total. The van der Waals surface area contributed by atoms with Gasteiger partial charge >= 0.3 is 12.2 Å². The van der Waals surface area contributed by atoms with Gasteiger partial charge in [-0.05, 0) is 12.1 Å². The van der Waals surface area contributed by atoms with E-state index in [0.29, 0.717) is 5.75 Å². The van der Waals surface area contributed by atoms with Gasteiger partial charge in [-0.25, -0.2) is 9.36 Å². The van der Waals surface area contributed by atoms with Gasteiger partial charge < -0.3 is 14.2 Å². The lowest BCUT2D eigenvalue weighted by atomic mass is 10.3. The molecule has 110 valence electrons. The second-order valence-electron chi connectivity index (χ2n) is 4.11. The number of aromatic nitrogens is 2. The number of nitrogens with zero attached hydrogens (tertiary/aromatic N) is 2. The van der Waals surface area contributed by atoms with Crippen molar-refractivity contribution in [2.75, 3.05) is 13.2 Å². The molecule has 0 aliphatic heterocycles. The predicted octanol–water partition coefficient (Wildman–Crippen LogP) is 1.51. The largest absolute Gasteiger partial charge is 0.513 e. The summed E-state index contributed by atoms with van der Waals surface area (Å²) in [7, 11) is 1.78. The Morgan fingerprint density at radius 2 is 1.86 bits per heavy atom. The maximum absolute atomic E-state index is 11.5. The lowest BCUT2D eigenvalue weighted by Crippen LogP contribution is -2.25. The van der Waals surface area contributed by atoms with E-state index in [9.17, 15) is 9.59 Å². The summed E-state index contributed by atoms with van der Waals surface area (Å²) in [6.45, 7) is -0.130. The van der Waals surface area contributed by atoms with Crippen molar-refractivity contribution in [2.24, 2.45) is 7.05 Å². The van der Waals surface area contributed by atoms with Crippen LogP contribution in [0.1, 0.15) is 0 Å². The molecule has 0 amide bonds. The average Bonchev–Trinajstić information content (AvgIpc) is 2.91. The van der Waals surface area contributed by atoms with E-state index < -0.39 is 12.2 Å². The summed E-state index contributed by atoms with van der Waals surface area (Å²) in [4.78, 5) is 22.9. The van der Waals surface area contributed by atoms with Crippen molar-refractivity contribution in [3.8, 4) is 5.75 Å². The van der Waals surface area contributed by atoms with Gasteiger partial charge in [0.2, 0.25) is 0 Å². The molecule has 0 N–H and O–H groups in total. The molecule has 7 heteroatoms. The van der Waals surface area contributed by atoms with Gasteiger partial charge in [-0.3, -0.25) is 0 Å². The number of aryl methyl sites for hydroxylation is 1. The normalized spacial score (nSPS) is 9.95. The smallest absolute Gasteiger partial charge is 0.430 e. The van der Waals surface area contributed by atoms with Crippen LogP contribution in [-0.2, 0) is 16.5 Å². The van der Waals surface area contributed by atoms with Crippen LogP contribution in [0, 0.1) is 0 Å². The molecule has 1 aromatic carbocycles. The fraction of sp³-hybridized carbons (Fsp3) is 0.214. The first-order chi connectivity index (χ1) is 10.1. The Balaban J connectivity index is 1.65. The van der Waals surface area contributed by atoms with Gasteiger partial charge in [-0.2, -0.15) is 4.79 Å². The Bertz CT molecular complexity index is 609. The summed E-state index contributed by atoms with van der Waals surface area (Å²) in [6, 6.07) is 8.54. The summed E-state index contributed by atoms with van der Waals surface area (Å²) in [5.74, 6) is 0.388. The number of para-hydroxylation sites is 1. The van der Waals surface area contributed by atoms with Crippen molar-refractivity contribution in [1.82, 2.24) is 4.57 Å². The molecule has 1 heterocycles. The lowest BCUT2D eigenvalue weighted by Gasteiger charge is -2.05. The van der Waals surface area contributed by atoms with E-state index in [0.717, 1.165) is 0 Å². The molecule has 0 bridgehead atoms. The Kier molecular flexibility index (Phi) is 4.92. The fourth-order valence-corrected chi connectivity index (χ4v) is 1.50. The standard InChI is InChI=1S/C14H15N2O5/c1-15-7-8-16(11-15)13(17)19-9-10-20-14(18)21-12-5-3-2-4-6-12/h2-8,11H,9-10H2,1H3/q+1. The van der Waals surface area contributed by atoms with Crippen LogP contribution < -0.4 is 9.30 Å². The van der Waals surface area contributed by atoms with Crippen molar-refractivity contribution in [3.63, 3.8) is 0 Å². The number of hydrogen-bond acceptors (Lipinski definition) is 5. The molecule has 1 aromatic heterocycles. The lowest BCUT2D eigenvalue weighted by molar-refractivity contribution is -0.670. The summed E-state index contributed by atoms with van der Waals surface area (Å²) in [5.41, 5.74) is 0. The molecule has 0 atom stereocenters. The highest BCUT2D eigenvalue weighted by atomic mass is 16.7. The summed E-state index contributed by atoms with van der Waals surface area (Å²) in [6.07, 6.45) is 3.44. The number of imidazole rings is 1. The van der Waals surface area contributed by atoms with Crippen LogP contribution in [0.5, 0.6) is 5.75 Å². The van der Waals surface area contributed by atoms with Crippen molar-refractivity contribution < 1.29 is 28.4 Å². The number of ether oxygens (including phenoxy) is 3.